The Kier molecular flexibility index (Phi) is 4.94. The second kappa shape index (κ2) is 7.53. The quantitative estimate of drug-likeness (QED) is 0.817. The lowest BCUT2D eigenvalue weighted by Crippen LogP contribution is -2.42. The second-order valence-corrected chi connectivity index (χ2v) is 7.41. The first-order chi connectivity index (χ1) is 13.1. The van der Waals surface area contributed by atoms with Gasteiger partial charge in [-0.25, -0.2) is 4.99 Å². The third-order valence-electron chi connectivity index (χ3n) is 5.10. The zero-order valence-corrected chi connectivity index (χ0v) is 15.5. The van der Waals surface area contributed by atoms with Crippen molar-refractivity contribution >= 4 is 35.2 Å². The van der Waals surface area contributed by atoms with Crippen LogP contribution in [0.4, 0.5) is 5.69 Å². The van der Waals surface area contributed by atoms with E-state index in [2.05, 4.69) is 15.2 Å². The second-order valence-electron chi connectivity index (χ2n) is 6.98. The van der Waals surface area contributed by atoms with Gasteiger partial charge in [-0.15, -0.1) is 0 Å². The molecule has 2 aromatic carbocycles. The summed E-state index contributed by atoms with van der Waals surface area (Å²) in [6.07, 6.45) is 2.70. The van der Waals surface area contributed by atoms with Crippen molar-refractivity contribution in [3.63, 3.8) is 0 Å². The minimum absolute atomic E-state index is 0.275. The predicted octanol–water partition coefficient (Wildman–Crippen LogP) is 1.54. The summed E-state index contributed by atoms with van der Waals surface area (Å²) >= 11 is 5.94. The van der Waals surface area contributed by atoms with Gasteiger partial charge in [-0.1, -0.05) is 35.9 Å². The average molecular weight is 382 g/mol. The summed E-state index contributed by atoms with van der Waals surface area (Å²) in [4.78, 5) is 31.0. The number of halogens is 1. The summed E-state index contributed by atoms with van der Waals surface area (Å²) < 4.78 is 0. The standard InChI is InChI=1S/C21H20ClN3O2/c22-16-5-7-17(8-6-16)25-10-9-14(13-25)12-23-20(26)18-11-15-3-1-2-4-19(15)24-21(18)27/h1-8,11,14,18H,9-10,12-13H2,(H,23,26). The van der Waals surface area contributed by atoms with E-state index >= 15 is 0 Å². The number of rotatable bonds is 4. The molecule has 0 aromatic heterocycles. The van der Waals surface area contributed by atoms with Crippen LogP contribution in [0.25, 0.3) is 6.08 Å². The molecule has 2 atom stereocenters. The monoisotopic (exact) mass is 381 g/mol. The van der Waals surface area contributed by atoms with Gasteiger partial charge in [0.1, 0.15) is 5.92 Å². The number of carbonyl (C=O) groups is 2. The molecule has 2 aliphatic rings. The van der Waals surface area contributed by atoms with Gasteiger partial charge in [-0.2, -0.15) is 0 Å². The lowest BCUT2D eigenvalue weighted by molar-refractivity contribution is -0.131. The maximum absolute atomic E-state index is 12.5. The minimum Gasteiger partial charge on any atom is -0.371 e. The zero-order valence-electron chi connectivity index (χ0n) is 14.8. The highest BCUT2D eigenvalue weighted by Gasteiger charge is 2.28. The Morgan fingerprint density at radius 1 is 1.19 bits per heavy atom. The van der Waals surface area contributed by atoms with Crippen molar-refractivity contribution in [1.29, 1.82) is 0 Å². The fraction of sp³-hybridized carbons (Fsp3) is 0.286. The molecule has 2 aromatic rings. The molecule has 4 rings (SSSR count). The highest BCUT2D eigenvalue weighted by molar-refractivity contribution is 6.30. The van der Waals surface area contributed by atoms with Gasteiger partial charge in [-0.3, -0.25) is 9.59 Å². The van der Waals surface area contributed by atoms with Gasteiger partial charge in [0.15, 0.2) is 0 Å². The van der Waals surface area contributed by atoms with E-state index in [1.54, 1.807) is 12.1 Å². The Morgan fingerprint density at radius 2 is 1.96 bits per heavy atom. The lowest BCUT2D eigenvalue weighted by Gasteiger charge is -2.19. The summed E-state index contributed by atoms with van der Waals surface area (Å²) in [5.41, 5.74) is 1.14. The summed E-state index contributed by atoms with van der Waals surface area (Å²) in [6, 6.07) is 15.1. The van der Waals surface area contributed by atoms with E-state index in [1.165, 1.54) is 0 Å². The van der Waals surface area contributed by atoms with Crippen LogP contribution < -0.4 is 20.8 Å². The molecule has 2 heterocycles. The summed E-state index contributed by atoms with van der Waals surface area (Å²) in [7, 11) is 0. The van der Waals surface area contributed by atoms with Crippen LogP contribution in [0.1, 0.15) is 6.42 Å². The lowest BCUT2D eigenvalue weighted by atomic mass is 10.0. The van der Waals surface area contributed by atoms with E-state index < -0.39 is 11.8 Å². The fourth-order valence-electron chi connectivity index (χ4n) is 3.60. The van der Waals surface area contributed by atoms with Gasteiger partial charge >= 0.3 is 0 Å². The van der Waals surface area contributed by atoms with Gasteiger partial charge in [0.2, 0.25) is 5.91 Å². The molecular weight excluding hydrogens is 362 g/mol. The summed E-state index contributed by atoms with van der Waals surface area (Å²) in [5.74, 6) is -1.16. The number of carbonyl (C=O) groups excluding carboxylic acids is 2. The molecule has 1 fully saturated rings. The largest absolute Gasteiger partial charge is 0.371 e. The van der Waals surface area contributed by atoms with Crippen molar-refractivity contribution in [1.82, 2.24) is 5.32 Å². The van der Waals surface area contributed by atoms with Crippen molar-refractivity contribution in [3.05, 3.63) is 64.1 Å². The van der Waals surface area contributed by atoms with Crippen molar-refractivity contribution in [3.8, 4) is 0 Å². The van der Waals surface area contributed by atoms with Crippen LogP contribution in [0.5, 0.6) is 0 Å². The predicted molar refractivity (Wildman–Crippen MR) is 105 cm³/mol. The van der Waals surface area contributed by atoms with Crippen LogP contribution in [0.3, 0.4) is 0 Å². The van der Waals surface area contributed by atoms with E-state index in [0.717, 1.165) is 35.4 Å². The smallest absolute Gasteiger partial charge is 0.262 e. The molecule has 1 N–H and O–H groups in total. The molecule has 6 heteroatoms. The van der Waals surface area contributed by atoms with E-state index in [4.69, 9.17) is 11.6 Å². The molecule has 0 bridgehead atoms. The average Bonchev–Trinajstić information content (AvgIpc) is 3.15. The molecule has 0 spiro atoms. The number of anilines is 1. The number of nitrogens with zero attached hydrogens (tertiary/aromatic N) is 2. The van der Waals surface area contributed by atoms with Crippen LogP contribution in [-0.2, 0) is 9.59 Å². The maximum atomic E-state index is 12.5. The van der Waals surface area contributed by atoms with Crippen LogP contribution in [-0.4, -0.2) is 31.4 Å². The first-order valence-electron chi connectivity index (χ1n) is 9.08. The Labute approximate surface area is 162 Å². The molecule has 2 aliphatic heterocycles. The Bertz CT molecular complexity index is 987. The Balaban J connectivity index is 1.35. The van der Waals surface area contributed by atoms with E-state index in [0.29, 0.717) is 17.8 Å². The molecule has 0 radical (unpaired) electrons. The van der Waals surface area contributed by atoms with E-state index in [9.17, 15) is 9.59 Å². The zero-order chi connectivity index (χ0) is 18.8. The van der Waals surface area contributed by atoms with Crippen LogP contribution in [0, 0.1) is 11.8 Å². The number of para-hydroxylation sites is 1. The molecule has 2 amide bonds. The molecule has 0 saturated carbocycles. The maximum Gasteiger partial charge on any atom is 0.262 e. The first-order valence-corrected chi connectivity index (χ1v) is 9.45. The third kappa shape index (κ3) is 3.88. The number of nitrogens with one attached hydrogen (secondary N) is 1. The number of fused-ring (bicyclic) bond motifs is 1. The van der Waals surface area contributed by atoms with Gasteiger partial charge < -0.3 is 10.2 Å². The van der Waals surface area contributed by atoms with Crippen molar-refractivity contribution in [2.45, 2.75) is 6.42 Å². The van der Waals surface area contributed by atoms with Crippen LogP contribution in [0.15, 0.2) is 53.5 Å². The molecule has 27 heavy (non-hydrogen) atoms. The van der Waals surface area contributed by atoms with E-state index in [1.807, 2.05) is 42.5 Å². The fourth-order valence-corrected chi connectivity index (χ4v) is 3.72. The number of hydrogen-bond acceptors (Lipinski definition) is 3. The number of amides is 2. The molecule has 138 valence electrons. The topological polar surface area (TPSA) is 61.8 Å². The highest BCUT2D eigenvalue weighted by atomic mass is 35.5. The third-order valence-corrected chi connectivity index (χ3v) is 5.36. The Hall–Kier alpha value is -2.66. The molecular formula is C21H20ClN3O2. The van der Waals surface area contributed by atoms with E-state index in [-0.39, 0.29) is 5.91 Å². The van der Waals surface area contributed by atoms with Crippen molar-refractivity contribution in [2.24, 2.45) is 16.8 Å². The molecule has 2 unspecified atom stereocenters. The summed E-state index contributed by atoms with van der Waals surface area (Å²) in [5, 5.41) is 5.11. The molecule has 0 aliphatic carbocycles. The molecule has 1 saturated heterocycles. The highest BCUT2D eigenvalue weighted by Crippen LogP contribution is 2.24. The van der Waals surface area contributed by atoms with Gasteiger partial charge in [0, 0.05) is 30.3 Å². The summed E-state index contributed by atoms with van der Waals surface area (Å²) in [6.45, 7) is 2.37. The van der Waals surface area contributed by atoms with Crippen molar-refractivity contribution in [2.75, 3.05) is 24.5 Å². The number of benzene rings is 2. The van der Waals surface area contributed by atoms with Gasteiger partial charge in [0.05, 0.1) is 5.36 Å². The van der Waals surface area contributed by atoms with Crippen LogP contribution in [0.2, 0.25) is 5.02 Å². The normalized spacial score (nSPS) is 21.2. The Morgan fingerprint density at radius 3 is 2.78 bits per heavy atom. The first kappa shape index (κ1) is 17.7. The van der Waals surface area contributed by atoms with Crippen LogP contribution >= 0.6 is 11.6 Å². The minimum atomic E-state index is -0.839. The van der Waals surface area contributed by atoms with Gasteiger partial charge in [0.25, 0.3) is 5.91 Å². The van der Waals surface area contributed by atoms with Gasteiger partial charge in [-0.05, 0) is 47.9 Å². The molecule has 5 nitrogen and oxygen atoms in total. The SMILES string of the molecule is O=C1N=c2ccccc2=CC1C(=O)NCC1CCN(c2ccc(Cl)cc2)C1. The van der Waals surface area contributed by atoms with Crippen molar-refractivity contribution < 1.29 is 9.59 Å². The number of hydrogen-bond donors (Lipinski definition) is 1.